The maximum atomic E-state index is 11.5. The van der Waals surface area contributed by atoms with E-state index in [0.29, 0.717) is 5.69 Å². The third-order valence-corrected chi connectivity index (χ3v) is 2.92. The van der Waals surface area contributed by atoms with E-state index in [4.69, 9.17) is 9.84 Å². The lowest BCUT2D eigenvalue weighted by Crippen LogP contribution is -2.27. The average Bonchev–Trinajstić information content (AvgIpc) is 2.87. The average molecular weight is 298 g/mol. The van der Waals surface area contributed by atoms with Gasteiger partial charge in [-0.05, 0) is 13.1 Å². The normalized spacial score (nSPS) is 10.8. The summed E-state index contributed by atoms with van der Waals surface area (Å²) in [5.74, 6) is -1.51. The zero-order chi connectivity index (χ0) is 15.7. The molecule has 0 radical (unpaired) electrons. The molecule has 8 nitrogen and oxygen atoms in total. The summed E-state index contributed by atoms with van der Waals surface area (Å²) in [5, 5.41) is 15.1. The Kier molecular flexibility index (Phi) is 7.41. The molecule has 1 amide bonds. The second-order valence-electron chi connectivity index (χ2n) is 4.45. The van der Waals surface area contributed by atoms with Gasteiger partial charge in [0, 0.05) is 12.7 Å². The van der Waals surface area contributed by atoms with Crippen molar-refractivity contribution in [2.24, 2.45) is 0 Å². The van der Waals surface area contributed by atoms with Gasteiger partial charge in [-0.1, -0.05) is 13.8 Å². The second kappa shape index (κ2) is 9.09. The largest absolute Gasteiger partial charge is 0.480 e. The zero-order valence-electron chi connectivity index (χ0n) is 12.4. The summed E-state index contributed by atoms with van der Waals surface area (Å²) in [6, 6.07) is 0. The molecule has 0 aliphatic rings. The molecule has 0 aliphatic heterocycles. The molecule has 0 unspecified atom stereocenters. The van der Waals surface area contributed by atoms with Gasteiger partial charge in [0.05, 0.1) is 18.4 Å². The van der Waals surface area contributed by atoms with Gasteiger partial charge < -0.3 is 20.1 Å². The predicted molar refractivity (Wildman–Crippen MR) is 77.1 cm³/mol. The molecule has 0 fully saturated rings. The van der Waals surface area contributed by atoms with Gasteiger partial charge in [-0.3, -0.25) is 9.48 Å². The lowest BCUT2D eigenvalue weighted by molar-refractivity contribution is -0.143. The van der Waals surface area contributed by atoms with Crippen molar-refractivity contribution in [2.75, 3.05) is 38.2 Å². The number of rotatable bonds is 10. The first-order valence-electron chi connectivity index (χ1n) is 6.89. The summed E-state index contributed by atoms with van der Waals surface area (Å²) >= 11 is 0. The first-order valence-corrected chi connectivity index (χ1v) is 6.89. The van der Waals surface area contributed by atoms with Gasteiger partial charge in [-0.25, -0.2) is 4.79 Å². The highest BCUT2D eigenvalue weighted by atomic mass is 16.5. The highest BCUT2D eigenvalue weighted by molar-refractivity contribution is 5.91. The van der Waals surface area contributed by atoms with Crippen LogP contribution in [-0.4, -0.2) is 64.5 Å². The Morgan fingerprint density at radius 2 is 2.10 bits per heavy atom. The van der Waals surface area contributed by atoms with Gasteiger partial charge in [0.15, 0.2) is 0 Å². The first-order chi connectivity index (χ1) is 10.0. The molecule has 1 aromatic heterocycles. The van der Waals surface area contributed by atoms with E-state index < -0.39 is 18.5 Å². The Morgan fingerprint density at radius 1 is 1.38 bits per heavy atom. The van der Waals surface area contributed by atoms with Crippen molar-refractivity contribution in [3.05, 3.63) is 12.4 Å². The van der Waals surface area contributed by atoms with Gasteiger partial charge in [0.1, 0.15) is 13.2 Å². The van der Waals surface area contributed by atoms with Gasteiger partial charge in [-0.15, -0.1) is 0 Å². The molecule has 0 saturated heterocycles. The van der Waals surface area contributed by atoms with E-state index in [9.17, 15) is 9.59 Å². The molecule has 1 aromatic rings. The number of ether oxygens (including phenoxy) is 1. The van der Waals surface area contributed by atoms with Crippen molar-refractivity contribution in [3.8, 4) is 0 Å². The molecule has 0 bridgehead atoms. The number of nitrogens with zero attached hydrogens (tertiary/aromatic N) is 3. The van der Waals surface area contributed by atoms with E-state index in [1.807, 2.05) is 0 Å². The van der Waals surface area contributed by atoms with Gasteiger partial charge >= 0.3 is 5.97 Å². The van der Waals surface area contributed by atoms with Crippen LogP contribution in [0.3, 0.4) is 0 Å². The van der Waals surface area contributed by atoms with Gasteiger partial charge in [-0.2, -0.15) is 5.10 Å². The Labute approximate surface area is 123 Å². The van der Waals surface area contributed by atoms with Crippen LogP contribution in [0.5, 0.6) is 0 Å². The number of likely N-dealkylation sites (N-methyl/N-ethyl adjacent to an activating group) is 1. The van der Waals surface area contributed by atoms with E-state index in [1.54, 1.807) is 17.1 Å². The van der Waals surface area contributed by atoms with Crippen LogP contribution in [0.2, 0.25) is 0 Å². The second-order valence-corrected chi connectivity index (χ2v) is 4.45. The fourth-order valence-corrected chi connectivity index (χ4v) is 1.76. The van der Waals surface area contributed by atoms with Gasteiger partial charge in [0.25, 0.3) is 0 Å². The third-order valence-electron chi connectivity index (χ3n) is 2.92. The monoisotopic (exact) mass is 298 g/mol. The van der Waals surface area contributed by atoms with E-state index in [-0.39, 0.29) is 6.61 Å². The molecule has 2 N–H and O–H groups in total. The third kappa shape index (κ3) is 6.87. The topological polar surface area (TPSA) is 96.7 Å². The van der Waals surface area contributed by atoms with Crippen LogP contribution in [0, 0.1) is 0 Å². The van der Waals surface area contributed by atoms with Crippen LogP contribution in [0.15, 0.2) is 12.4 Å². The summed E-state index contributed by atoms with van der Waals surface area (Å²) in [7, 11) is 0. The van der Waals surface area contributed by atoms with Crippen molar-refractivity contribution in [2.45, 2.75) is 20.4 Å². The fourth-order valence-electron chi connectivity index (χ4n) is 1.76. The predicted octanol–water partition coefficient (Wildman–Crippen LogP) is 0.265. The standard InChI is InChI=1S/C13H22N4O4/c1-3-16(4-2)5-6-17-8-11(7-14-17)15-12(18)9-21-10-13(19)20/h7-8H,3-6,9-10H2,1-2H3,(H,15,18)(H,19,20). The summed E-state index contributed by atoms with van der Waals surface area (Å²) in [6.45, 7) is 7.04. The van der Waals surface area contributed by atoms with Crippen LogP contribution in [0.25, 0.3) is 0 Å². The molecule has 0 aliphatic carbocycles. The van der Waals surface area contributed by atoms with Crippen LogP contribution in [0.4, 0.5) is 5.69 Å². The number of carbonyl (C=O) groups excluding carboxylic acids is 1. The Balaban J connectivity index is 2.34. The van der Waals surface area contributed by atoms with E-state index in [2.05, 4.69) is 29.2 Å². The van der Waals surface area contributed by atoms with Crippen molar-refractivity contribution >= 4 is 17.6 Å². The molecular weight excluding hydrogens is 276 g/mol. The summed E-state index contributed by atoms with van der Waals surface area (Å²) in [6.07, 6.45) is 3.29. The smallest absolute Gasteiger partial charge is 0.329 e. The first kappa shape index (κ1) is 17.1. The summed E-state index contributed by atoms with van der Waals surface area (Å²) in [5.41, 5.74) is 0.568. The number of carboxylic acids is 1. The number of aliphatic carboxylic acids is 1. The molecule has 1 rings (SSSR count). The minimum Gasteiger partial charge on any atom is -0.480 e. The molecule has 0 spiro atoms. The SMILES string of the molecule is CCN(CC)CCn1cc(NC(=O)COCC(=O)O)cn1. The van der Waals surface area contributed by atoms with E-state index in [1.165, 1.54) is 0 Å². The highest BCUT2D eigenvalue weighted by Crippen LogP contribution is 2.05. The van der Waals surface area contributed by atoms with Crippen molar-refractivity contribution in [1.82, 2.24) is 14.7 Å². The van der Waals surface area contributed by atoms with Crippen molar-refractivity contribution < 1.29 is 19.4 Å². The molecule has 0 atom stereocenters. The number of nitrogens with one attached hydrogen (secondary N) is 1. The van der Waals surface area contributed by atoms with Crippen LogP contribution < -0.4 is 5.32 Å². The molecule has 1 heterocycles. The Hall–Kier alpha value is -1.93. The van der Waals surface area contributed by atoms with Crippen LogP contribution >= 0.6 is 0 Å². The lowest BCUT2D eigenvalue weighted by atomic mass is 10.4. The molecule has 118 valence electrons. The number of hydrogen-bond donors (Lipinski definition) is 2. The maximum Gasteiger partial charge on any atom is 0.329 e. The van der Waals surface area contributed by atoms with Crippen molar-refractivity contribution in [1.29, 1.82) is 0 Å². The number of anilines is 1. The molecule has 0 saturated carbocycles. The number of amides is 1. The molecule has 21 heavy (non-hydrogen) atoms. The zero-order valence-corrected chi connectivity index (χ0v) is 12.4. The maximum absolute atomic E-state index is 11.5. The van der Waals surface area contributed by atoms with E-state index in [0.717, 1.165) is 26.2 Å². The number of aromatic nitrogens is 2. The minimum atomic E-state index is -1.10. The Morgan fingerprint density at radius 3 is 2.71 bits per heavy atom. The minimum absolute atomic E-state index is 0.295. The molecule has 0 aromatic carbocycles. The van der Waals surface area contributed by atoms with Crippen LogP contribution in [0.1, 0.15) is 13.8 Å². The lowest BCUT2D eigenvalue weighted by Gasteiger charge is -2.17. The summed E-state index contributed by atoms with van der Waals surface area (Å²) < 4.78 is 6.45. The Bertz CT molecular complexity index is 457. The van der Waals surface area contributed by atoms with Crippen molar-refractivity contribution in [3.63, 3.8) is 0 Å². The number of carbonyl (C=O) groups is 2. The molecular formula is C13H22N4O4. The summed E-state index contributed by atoms with van der Waals surface area (Å²) in [4.78, 5) is 24.0. The van der Waals surface area contributed by atoms with Gasteiger partial charge in [0.2, 0.25) is 5.91 Å². The number of carboxylic acid groups (broad SMARTS) is 1. The highest BCUT2D eigenvalue weighted by Gasteiger charge is 2.07. The van der Waals surface area contributed by atoms with E-state index >= 15 is 0 Å². The quantitative estimate of drug-likeness (QED) is 0.643. The number of hydrogen-bond acceptors (Lipinski definition) is 5. The van der Waals surface area contributed by atoms with Crippen LogP contribution in [-0.2, 0) is 20.9 Å². The molecule has 8 heteroatoms. The fraction of sp³-hybridized carbons (Fsp3) is 0.615.